The number of nitrogens with one attached hydrogen (secondary N) is 1. The Morgan fingerprint density at radius 1 is 1.37 bits per heavy atom. The summed E-state index contributed by atoms with van der Waals surface area (Å²) in [5, 5.41) is 2.78. The molecular weight excluding hydrogens is 260 g/mol. The van der Waals surface area contributed by atoms with Crippen molar-refractivity contribution < 1.29 is 9.59 Å². The first-order chi connectivity index (χ1) is 8.97. The molecule has 1 N–H and O–H groups in total. The molecule has 0 aliphatic carbocycles. The second-order valence-electron chi connectivity index (χ2n) is 5.46. The van der Waals surface area contributed by atoms with Crippen molar-refractivity contribution in [3.8, 4) is 0 Å². The number of nitrogens with zero attached hydrogens (tertiary/aromatic N) is 1. The molecule has 110 valence electrons. The lowest BCUT2D eigenvalue weighted by molar-refractivity contribution is -0.149. The van der Waals surface area contributed by atoms with E-state index in [-0.39, 0.29) is 23.9 Å². The average Bonchev–Trinajstić information content (AvgIpc) is 2.34. The van der Waals surface area contributed by atoms with E-state index in [4.69, 9.17) is 0 Å². The first-order valence-electron chi connectivity index (χ1n) is 7.16. The highest BCUT2D eigenvalue weighted by atomic mass is 32.2. The highest BCUT2D eigenvalue weighted by Gasteiger charge is 2.38. The Kier molecular flexibility index (Phi) is 6.69. The summed E-state index contributed by atoms with van der Waals surface area (Å²) in [5.74, 6) is 2.62. The molecule has 19 heavy (non-hydrogen) atoms. The van der Waals surface area contributed by atoms with E-state index in [1.165, 1.54) is 0 Å². The fourth-order valence-corrected chi connectivity index (χ4v) is 2.97. The number of hydrogen-bond donors (Lipinski definition) is 1. The summed E-state index contributed by atoms with van der Waals surface area (Å²) in [6, 6.07) is -0.662. The van der Waals surface area contributed by atoms with Crippen molar-refractivity contribution in [2.75, 3.05) is 18.1 Å². The fourth-order valence-electron chi connectivity index (χ4n) is 2.34. The number of thioether (sulfide) groups is 1. The molecular formula is C14H26N2O2S. The van der Waals surface area contributed by atoms with Crippen LogP contribution in [0.15, 0.2) is 0 Å². The van der Waals surface area contributed by atoms with Crippen LogP contribution in [0.4, 0.5) is 0 Å². The van der Waals surface area contributed by atoms with Gasteiger partial charge >= 0.3 is 0 Å². The molecule has 2 atom stereocenters. The van der Waals surface area contributed by atoms with Crippen LogP contribution in [0.5, 0.6) is 0 Å². The zero-order chi connectivity index (χ0) is 14.4. The molecule has 1 aliphatic rings. The van der Waals surface area contributed by atoms with E-state index in [2.05, 4.69) is 26.1 Å². The molecule has 0 aromatic rings. The van der Waals surface area contributed by atoms with Crippen molar-refractivity contribution in [1.82, 2.24) is 10.2 Å². The highest BCUT2D eigenvalue weighted by molar-refractivity contribution is 7.99. The zero-order valence-corrected chi connectivity index (χ0v) is 13.3. The maximum Gasteiger partial charge on any atom is 0.245 e. The Morgan fingerprint density at radius 2 is 2.05 bits per heavy atom. The number of piperazine rings is 1. The van der Waals surface area contributed by atoms with Gasteiger partial charge in [0.15, 0.2) is 0 Å². The van der Waals surface area contributed by atoms with E-state index in [9.17, 15) is 9.59 Å². The number of hydrogen-bond acceptors (Lipinski definition) is 3. The minimum absolute atomic E-state index is 0.00365. The predicted octanol–water partition coefficient (Wildman–Crippen LogP) is 1.89. The van der Waals surface area contributed by atoms with Crippen LogP contribution in [-0.2, 0) is 9.59 Å². The average molecular weight is 286 g/mol. The van der Waals surface area contributed by atoms with Gasteiger partial charge in [0.05, 0.1) is 0 Å². The van der Waals surface area contributed by atoms with E-state index in [0.717, 1.165) is 24.3 Å². The normalized spacial score (nSPS) is 23.9. The Morgan fingerprint density at radius 3 is 2.63 bits per heavy atom. The lowest BCUT2D eigenvalue weighted by Crippen LogP contribution is -2.62. The van der Waals surface area contributed by atoms with E-state index in [1.54, 1.807) is 11.8 Å². The molecule has 2 unspecified atom stereocenters. The van der Waals surface area contributed by atoms with Crippen LogP contribution in [0.2, 0.25) is 0 Å². The van der Waals surface area contributed by atoms with Crippen LogP contribution >= 0.6 is 11.8 Å². The smallest absolute Gasteiger partial charge is 0.245 e. The molecule has 0 bridgehead atoms. The third-order valence-corrected chi connectivity index (χ3v) is 4.26. The number of rotatable bonds is 7. The molecule has 0 aromatic carbocycles. The zero-order valence-electron chi connectivity index (χ0n) is 12.4. The van der Waals surface area contributed by atoms with Crippen LogP contribution in [0.1, 0.15) is 40.5 Å². The van der Waals surface area contributed by atoms with Crippen molar-refractivity contribution >= 4 is 23.6 Å². The van der Waals surface area contributed by atoms with Crippen LogP contribution in [-0.4, -0.2) is 46.8 Å². The first kappa shape index (κ1) is 16.3. The van der Waals surface area contributed by atoms with Crippen molar-refractivity contribution in [3.63, 3.8) is 0 Å². The summed E-state index contributed by atoms with van der Waals surface area (Å²) in [6.45, 7) is 8.76. The minimum atomic E-state index is -0.380. The summed E-state index contributed by atoms with van der Waals surface area (Å²) in [5.41, 5.74) is 0. The fraction of sp³-hybridized carbons (Fsp3) is 0.857. The summed E-state index contributed by atoms with van der Waals surface area (Å²) in [6.07, 6.45) is 1.70. The molecule has 1 rings (SSSR count). The highest BCUT2D eigenvalue weighted by Crippen LogP contribution is 2.18. The molecule has 0 aromatic heterocycles. The van der Waals surface area contributed by atoms with Gasteiger partial charge in [-0.15, -0.1) is 0 Å². The lowest BCUT2D eigenvalue weighted by atomic mass is 9.98. The van der Waals surface area contributed by atoms with Gasteiger partial charge in [-0.05, 0) is 37.2 Å². The third-order valence-electron chi connectivity index (χ3n) is 3.28. The molecule has 1 heterocycles. The summed E-state index contributed by atoms with van der Waals surface area (Å²) in [7, 11) is 0. The summed E-state index contributed by atoms with van der Waals surface area (Å²) in [4.78, 5) is 26.1. The molecule has 5 heteroatoms. The van der Waals surface area contributed by atoms with Gasteiger partial charge in [0, 0.05) is 6.54 Å². The van der Waals surface area contributed by atoms with Gasteiger partial charge in [-0.2, -0.15) is 11.8 Å². The molecule has 0 radical (unpaired) electrons. The Hall–Kier alpha value is -0.710. The van der Waals surface area contributed by atoms with E-state index < -0.39 is 0 Å². The SMILES string of the molecule is CCSCCCN1C(=O)C(C)NC(=O)C1CC(C)C. The summed E-state index contributed by atoms with van der Waals surface area (Å²) >= 11 is 1.88. The van der Waals surface area contributed by atoms with E-state index >= 15 is 0 Å². The molecule has 2 amide bonds. The summed E-state index contributed by atoms with van der Waals surface area (Å²) < 4.78 is 0. The van der Waals surface area contributed by atoms with Crippen LogP contribution in [0.25, 0.3) is 0 Å². The second-order valence-corrected chi connectivity index (χ2v) is 6.85. The van der Waals surface area contributed by atoms with Crippen LogP contribution < -0.4 is 5.32 Å². The van der Waals surface area contributed by atoms with Gasteiger partial charge in [0.25, 0.3) is 0 Å². The quantitative estimate of drug-likeness (QED) is 0.727. The predicted molar refractivity (Wildman–Crippen MR) is 80.2 cm³/mol. The second kappa shape index (κ2) is 7.78. The first-order valence-corrected chi connectivity index (χ1v) is 8.31. The maximum atomic E-state index is 12.2. The molecule has 4 nitrogen and oxygen atoms in total. The van der Waals surface area contributed by atoms with Gasteiger partial charge < -0.3 is 10.2 Å². The number of carbonyl (C=O) groups excluding carboxylic acids is 2. The van der Waals surface area contributed by atoms with E-state index in [0.29, 0.717) is 12.5 Å². The van der Waals surface area contributed by atoms with Gasteiger partial charge in [0.2, 0.25) is 11.8 Å². The standard InChI is InChI=1S/C14H26N2O2S/c1-5-19-8-6-7-16-12(9-10(2)3)13(17)15-11(4)14(16)18/h10-12H,5-9H2,1-4H3,(H,15,17). The van der Waals surface area contributed by atoms with Gasteiger partial charge in [-0.3, -0.25) is 9.59 Å². The Labute approximate surface area is 120 Å². The molecule has 1 fully saturated rings. The van der Waals surface area contributed by atoms with Crippen molar-refractivity contribution in [3.05, 3.63) is 0 Å². The maximum absolute atomic E-state index is 12.2. The molecule has 1 saturated heterocycles. The monoisotopic (exact) mass is 286 g/mol. The van der Waals surface area contributed by atoms with Gasteiger partial charge in [-0.1, -0.05) is 20.8 Å². The van der Waals surface area contributed by atoms with Gasteiger partial charge in [-0.25, -0.2) is 0 Å². The topological polar surface area (TPSA) is 49.4 Å². The van der Waals surface area contributed by atoms with E-state index in [1.807, 2.05) is 11.8 Å². The van der Waals surface area contributed by atoms with Crippen LogP contribution in [0, 0.1) is 5.92 Å². The van der Waals surface area contributed by atoms with Crippen molar-refractivity contribution in [2.24, 2.45) is 5.92 Å². The minimum Gasteiger partial charge on any atom is -0.343 e. The van der Waals surface area contributed by atoms with Crippen LogP contribution in [0.3, 0.4) is 0 Å². The molecule has 0 saturated carbocycles. The van der Waals surface area contributed by atoms with Crippen molar-refractivity contribution in [1.29, 1.82) is 0 Å². The Bertz CT molecular complexity index is 321. The van der Waals surface area contributed by atoms with Gasteiger partial charge in [0.1, 0.15) is 12.1 Å². The Balaban J connectivity index is 2.66. The number of carbonyl (C=O) groups is 2. The molecule has 1 aliphatic heterocycles. The largest absolute Gasteiger partial charge is 0.343 e. The number of amides is 2. The third kappa shape index (κ3) is 4.71. The van der Waals surface area contributed by atoms with Crippen molar-refractivity contribution in [2.45, 2.75) is 52.6 Å². The molecule has 0 spiro atoms. The lowest BCUT2D eigenvalue weighted by Gasteiger charge is -2.38.